The van der Waals surface area contributed by atoms with Crippen molar-refractivity contribution in [2.45, 2.75) is 19.9 Å². The van der Waals surface area contributed by atoms with Crippen molar-refractivity contribution in [2.75, 3.05) is 23.4 Å². The van der Waals surface area contributed by atoms with Gasteiger partial charge in [0.05, 0.1) is 5.92 Å². The van der Waals surface area contributed by atoms with Crippen LogP contribution in [0, 0.1) is 12.8 Å². The van der Waals surface area contributed by atoms with Crippen molar-refractivity contribution < 1.29 is 19.1 Å². The topological polar surface area (TPSA) is 87.7 Å². The Hall–Kier alpha value is -3.84. The molecule has 0 spiro atoms. The number of amides is 3. The van der Waals surface area contributed by atoms with Crippen LogP contribution in [0.25, 0.3) is 0 Å². The molecule has 1 aliphatic heterocycles. The monoisotopic (exact) mass is 491 g/mol. The molecule has 1 fully saturated rings. The Kier molecular flexibility index (Phi) is 7.67. The molecule has 7 nitrogen and oxygen atoms in total. The smallest absolute Gasteiger partial charge is 0.262 e. The molecule has 1 atom stereocenters. The van der Waals surface area contributed by atoms with Crippen LogP contribution in [-0.2, 0) is 20.9 Å². The van der Waals surface area contributed by atoms with Crippen LogP contribution < -0.4 is 20.3 Å². The fourth-order valence-electron chi connectivity index (χ4n) is 3.77. The second kappa shape index (κ2) is 11.1. The van der Waals surface area contributed by atoms with Crippen molar-refractivity contribution in [2.24, 2.45) is 5.92 Å². The molecule has 0 aromatic heterocycles. The minimum atomic E-state index is -0.402. The van der Waals surface area contributed by atoms with E-state index in [1.165, 1.54) is 0 Å². The van der Waals surface area contributed by atoms with Gasteiger partial charge in [-0.15, -0.1) is 0 Å². The maximum absolute atomic E-state index is 12.6. The van der Waals surface area contributed by atoms with Gasteiger partial charge in [-0.05, 0) is 61.0 Å². The number of rotatable bonds is 8. The Morgan fingerprint density at radius 1 is 1.00 bits per heavy atom. The van der Waals surface area contributed by atoms with Crippen LogP contribution in [0.15, 0.2) is 72.8 Å². The molecule has 0 bridgehead atoms. The summed E-state index contributed by atoms with van der Waals surface area (Å²) in [5, 5.41) is 6.24. The number of hydrogen-bond acceptors (Lipinski definition) is 4. The van der Waals surface area contributed by atoms with Gasteiger partial charge in [0.15, 0.2) is 6.61 Å². The van der Waals surface area contributed by atoms with Gasteiger partial charge in [0.1, 0.15) is 5.75 Å². The molecule has 1 aliphatic rings. The zero-order valence-corrected chi connectivity index (χ0v) is 20.0. The normalized spacial score (nSPS) is 15.1. The highest BCUT2D eigenvalue weighted by Gasteiger charge is 2.35. The number of carbonyl (C=O) groups is 3. The van der Waals surface area contributed by atoms with Crippen LogP contribution in [-0.4, -0.2) is 30.9 Å². The lowest BCUT2D eigenvalue weighted by atomic mass is 10.1. The molecule has 1 heterocycles. The quantitative estimate of drug-likeness (QED) is 0.491. The zero-order chi connectivity index (χ0) is 24.8. The van der Waals surface area contributed by atoms with E-state index in [0.717, 1.165) is 11.1 Å². The van der Waals surface area contributed by atoms with Crippen LogP contribution in [0.3, 0.4) is 0 Å². The van der Waals surface area contributed by atoms with Gasteiger partial charge in [0, 0.05) is 35.9 Å². The summed E-state index contributed by atoms with van der Waals surface area (Å²) in [5.74, 6) is -0.435. The average molecular weight is 492 g/mol. The first kappa shape index (κ1) is 24.3. The first-order chi connectivity index (χ1) is 16.9. The summed E-state index contributed by atoms with van der Waals surface area (Å²) in [4.78, 5) is 38.8. The fourth-order valence-corrected chi connectivity index (χ4v) is 3.90. The molecule has 8 heteroatoms. The van der Waals surface area contributed by atoms with Gasteiger partial charge in [0.25, 0.3) is 5.91 Å². The van der Waals surface area contributed by atoms with E-state index in [-0.39, 0.29) is 30.7 Å². The van der Waals surface area contributed by atoms with Gasteiger partial charge in [-0.25, -0.2) is 0 Å². The number of anilines is 2. The van der Waals surface area contributed by atoms with E-state index < -0.39 is 5.92 Å². The van der Waals surface area contributed by atoms with Crippen molar-refractivity contribution in [3.63, 3.8) is 0 Å². The summed E-state index contributed by atoms with van der Waals surface area (Å²) >= 11 is 5.84. The number of benzene rings is 3. The molecular formula is C27H26ClN3O4. The second-order valence-corrected chi connectivity index (χ2v) is 8.88. The molecule has 3 amide bonds. The van der Waals surface area contributed by atoms with Crippen LogP contribution in [0.4, 0.5) is 11.4 Å². The highest BCUT2D eigenvalue weighted by atomic mass is 35.5. The van der Waals surface area contributed by atoms with Gasteiger partial charge < -0.3 is 20.3 Å². The highest BCUT2D eigenvalue weighted by Crippen LogP contribution is 2.27. The summed E-state index contributed by atoms with van der Waals surface area (Å²) in [6.07, 6.45) is 0.169. The summed E-state index contributed by atoms with van der Waals surface area (Å²) in [6, 6.07) is 21.6. The Labute approximate surface area is 209 Å². The van der Waals surface area contributed by atoms with Crippen LogP contribution in [0.1, 0.15) is 17.5 Å². The van der Waals surface area contributed by atoms with Crippen molar-refractivity contribution in [3.8, 4) is 5.75 Å². The molecule has 0 saturated carbocycles. The lowest BCUT2D eigenvalue weighted by Gasteiger charge is -2.17. The predicted molar refractivity (Wildman–Crippen MR) is 136 cm³/mol. The van der Waals surface area contributed by atoms with Crippen LogP contribution in [0.2, 0.25) is 5.02 Å². The molecule has 0 radical (unpaired) electrons. The number of halogens is 1. The summed E-state index contributed by atoms with van der Waals surface area (Å²) < 4.78 is 5.54. The minimum Gasteiger partial charge on any atom is -0.484 e. The Morgan fingerprint density at radius 3 is 2.37 bits per heavy atom. The van der Waals surface area contributed by atoms with Gasteiger partial charge in [-0.3, -0.25) is 14.4 Å². The average Bonchev–Trinajstić information content (AvgIpc) is 3.25. The van der Waals surface area contributed by atoms with E-state index in [2.05, 4.69) is 10.6 Å². The largest absolute Gasteiger partial charge is 0.484 e. The third-order valence-electron chi connectivity index (χ3n) is 5.73. The van der Waals surface area contributed by atoms with Crippen molar-refractivity contribution in [3.05, 3.63) is 88.9 Å². The Balaban J connectivity index is 1.26. The maximum Gasteiger partial charge on any atom is 0.262 e. The molecule has 2 N–H and O–H groups in total. The number of nitrogens with zero attached hydrogens (tertiary/aromatic N) is 1. The second-order valence-electron chi connectivity index (χ2n) is 8.45. The van der Waals surface area contributed by atoms with E-state index in [0.29, 0.717) is 35.2 Å². The molecule has 35 heavy (non-hydrogen) atoms. The number of hydrogen-bond donors (Lipinski definition) is 2. The predicted octanol–water partition coefficient (Wildman–Crippen LogP) is 4.34. The number of aryl methyl sites for hydroxylation is 1. The Morgan fingerprint density at radius 2 is 1.69 bits per heavy atom. The van der Waals surface area contributed by atoms with E-state index in [9.17, 15) is 14.4 Å². The Bertz CT molecular complexity index is 1190. The van der Waals surface area contributed by atoms with Crippen molar-refractivity contribution in [1.29, 1.82) is 0 Å². The molecule has 0 unspecified atom stereocenters. The van der Waals surface area contributed by atoms with Gasteiger partial charge in [-0.2, -0.15) is 0 Å². The maximum atomic E-state index is 12.6. The lowest BCUT2D eigenvalue weighted by molar-refractivity contribution is -0.126. The molecule has 3 aromatic rings. The molecule has 4 rings (SSSR count). The number of carbonyl (C=O) groups excluding carboxylic acids is 3. The molecular weight excluding hydrogens is 466 g/mol. The van der Waals surface area contributed by atoms with Crippen molar-refractivity contribution >= 4 is 40.7 Å². The minimum absolute atomic E-state index is 0.100. The van der Waals surface area contributed by atoms with Gasteiger partial charge >= 0.3 is 0 Å². The number of nitrogens with one attached hydrogen (secondary N) is 2. The standard InChI is InChI=1S/C27H26ClN3O4/c1-18-2-4-19(5-3-18)15-29-27(34)20-14-26(33)31(16-20)23-10-12-24(13-11-23)35-17-25(32)30-22-8-6-21(28)7-9-22/h2-13,20H,14-17H2,1H3,(H,29,34)(H,30,32)/t20-/m0/s1. The SMILES string of the molecule is Cc1ccc(CNC(=O)[C@H]2CC(=O)N(c3ccc(OCC(=O)Nc4ccc(Cl)cc4)cc3)C2)cc1. The molecule has 1 saturated heterocycles. The summed E-state index contributed by atoms with van der Waals surface area (Å²) in [5.41, 5.74) is 3.49. The van der Waals surface area contributed by atoms with Crippen LogP contribution in [0.5, 0.6) is 5.75 Å². The third kappa shape index (κ3) is 6.61. The fraction of sp³-hybridized carbons (Fsp3) is 0.222. The van der Waals surface area contributed by atoms with E-state index >= 15 is 0 Å². The van der Waals surface area contributed by atoms with Gasteiger partial charge in [-0.1, -0.05) is 41.4 Å². The lowest BCUT2D eigenvalue weighted by Crippen LogP contribution is -2.32. The molecule has 3 aromatic carbocycles. The third-order valence-corrected chi connectivity index (χ3v) is 5.98. The summed E-state index contributed by atoms with van der Waals surface area (Å²) in [7, 11) is 0. The molecule has 180 valence electrons. The highest BCUT2D eigenvalue weighted by molar-refractivity contribution is 6.30. The van der Waals surface area contributed by atoms with E-state index in [1.54, 1.807) is 53.4 Å². The summed E-state index contributed by atoms with van der Waals surface area (Å²) in [6.45, 7) is 2.61. The van der Waals surface area contributed by atoms with E-state index in [1.807, 2.05) is 31.2 Å². The van der Waals surface area contributed by atoms with Crippen molar-refractivity contribution in [1.82, 2.24) is 5.32 Å². The van der Waals surface area contributed by atoms with E-state index in [4.69, 9.17) is 16.3 Å². The zero-order valence-electron chi connectivity index (χ0n) is 19.3. The number of ether oxygens (including phenoxy) is 1. The molecule has 0 aliphatic carbocycles. The van der Waals surface area contributed by atoms with Gasteiger partial charge in [0.2, 0.25) is 11.8 Å². The van der Waals surface area contributed by atoms with Crippen LogP contribution >= 0.6 is 11.6 Å². The first-order valence-corrected chi connectivity index (χ1v) is 11.7. The first-order valence-electron chi connectivity index (χ1n) is 11.3.